The van der Waals surface area contributed by atoms with Crippen LogP contribution in [0.3, 0.4) is 0 Å². The monoisotopic (exact) mass is 350 g/mol. The minimum Gasteiger partial charge on any atom is -0.322 e. The van der Waals surface area contributed by atoms with Gasteiger partial charge in [0, 0.05) is 11.4 Å². The third-order valence-electron chi connectivity index (χ3n) is 3.55. The van der Waals surface area contributed by atoms with Gasteiger partial charge in [-0.3, -0.25) is 9.59 Å². The maximum Gasteiger partial charge on any atom is 0.257 e. The van der Waals surface area contributed by atoms with Crippen LogP contribution in [0.1, 0.15) is 20.7 Å². The standard InChI is InChI=1S/C20H15ClN2O2/c21-17-13-7-12-16(19(24)22-14-8-3-1-4-9-14)18(17)20(25)23-15-10-5-2-6-11-15/h1-13H,(H,22,24)(H,23,25). The Morgan fingerprint density at radius 1 is 0.640 bits per heavy atom. The molecule has 0 saturated heterocycles. The summed E-state index contributed by atoms with van der Waals surface area (Å²) in [6.07, 6.45) is 0. The van der Waals surface area contributed by atoms with E-state index in [2.05, 4.69) is 10.6 Å². The maximum atomic E-state index is 12.6. The van der Waals surface area contributed by atoms with E-state index in [1.54, 1.807) is 42.5 Å². The fourth-order valence-electron chi connectivity index (χ4n) is 2.38. The van der Waals surface area contributed by atoms with E-state index in [-0.39, 0.29) is 16.1 Å². The molecule has 0 atom stereocenters. The van der Waals surface area contributed by atoms with E-state index in [1.165, 1.54) is 0 Å². The molecule has 0 fully saturated rings. The quantitative estimate of drug-likeness (QED) is 0.707. The molecular weight excluding hydrogens is 336 g/mol. The normalized spacial score (nSPS) is 10.1. The smallest absolute Gasteiger partial charge is 0.257 e. The molecule has 0 unspecified atom stereocenters. The lowest BCUT2D eigenvalue weighted by molar-refractivity contribution is 0.0990. The molecule has 0 aliphatic rings. The first-order valence-corrected chi connectivity index (χ1v) is 8.04. The van der Waals surface area contributed by atoms with Crippen molar-refractivity contribution in [3.05, 3.63) is 95.0 Å². The number of nitrogens with one attached hydrogen (secondary N) is 2. The molecule has 0 aliphatic carbocycles. The highest BCUT2D eigenvalue weighted by Crippen LogP contribution is 2.23. The van der Waals surface area contributed by atoms with Crippen molar-refractivity contribution in [3.63, 3.8) is 0 Å². The number of anilines is 2. The Morgan fingerprint density at radius 2 is 1.16 bits per heavy atom. The van der Waals surface area contributed by atoms with Gasteiger partial charge in [0.2, 0.25) is 0 Å². The van der Waals surface area contributed by atoms with Gasteiger partial charge >= 0.3 is 0 Å². The molecule has 3 rings (SSSR count). The second kappa shape index (κ2) is 7.64. The minimum atomic E-state index is -0.435. The minimum absolute atomic E-state index is 0.140. The molecule has 0 saturated carbocycles. The van der Waals surface area contributed by atoms with Crippen molar-refractivity contribution in [2.75, 3.05) is 10.6 Å². The van der Waals surface area contributed by atoms with Crippen molar-refractivity contribution in [1.82, 2.24) is 0 Å². The van der Waals surface area contributed by atoms with Gasteiger partial charge in [0.25, 0.3) is 11.8 Å². The highest BCUT2D eigenvalue weighted by atomic mass is 35.5. The van der Waals surface area contributed by atoms with E-state index in [9.17, 15) is 9.59 Å². The van der Waals surface area contributed by atoms with Crippen LogP contribution in [0.2, 0.25) is 5.02 Å². The van der Waals surface area contributed by atoms with E-state index in [0.29, 0.717) is 11.4 Å². The van der Waals surface area contributed by atoms with Crippen molar-refractivity contribution in [2.45, 2.75) is 0 Å². The van der Waals surface area contributed by atoms with E-state index in [4.69, 9.17) is 11.6 Å². The summed E-state index contributed by atoms with van der Waals surface area (Å²) < 4.78 is 0. The van der Waals surface area contributed by atoms with Gasteiger partial charge in [-0.15, -0.1) is 0 Å². The Balaban J connectivity index is 1.89. The molecule has 0 aliphatic heterocycles. The third-order valence-corrected chi connectivity index (χ3v) is 3.86. The summed E-state index contributed by atoms with van der Waals surface area (Å²) in [4.78, 5) is 25.2. The molecule has 25 heavy (non-hydrogen) atoms. The van der Waals surface area contributed by atoms with Crippen molar-refractivity contribution in [1.29, 1.82) is 0 Å². The predicted molar refractivity (Wildman–Crippen MR) is 100 cm³/mol. The van der Waals surface area contributed by atoms with E-state index >= 15 is 0 Å². The number of halogens is 1. The molecule has 2 amide bonds. The van der Waals surface area contributed by atoms with Gasteiger partial charge in [-0.05, 0) is 36.4 Å². The number of carbonyl (C=O) groups is 2. The number of carbonyl (C=O) groups excluding carboxylic acids is 2. The third kappa shape index (κ3) is 4.05. The zero-order valence-corrected chi connectivity index (χ0v) is 14.0. The summed E-state index contributed by atoms with van der Waals surface area (Å²) in [5, 5.41) is 5.74. The van der Waals surface area contributed by atoms with Crippen LogP contribution < -0.4 is 10.6 Å². The lowest BCUT2D eigenvalue weighted by atomic mass is 10.1. The van der Waals surface area contributed by atoms with E-state index < -0.39 is 11.8 Å². The largest absolute Gasteiger partial charge is 0.322 e. The lowest BCUT2D eigenvalue weighted by Crippen LogP contribution is -2.20. The fourth-order valence-corrected chi connectivity index (χ4v) is 2.64. The number of rotatable bonds is 4. The molecule has 3 aromatic carbocycles. The van der Waals surface area contributed by atoms with Crippen LogP contribution in [0.5, 0.6) is 0 Å². The SMILES string of the molecule is O=C(Nc1ccccc1)c1cccc(Cl)c1C(=O)Nc1ccccc1. The first-order chi connectivity index (χ1) is 12.1. The molecule has 124 valence electrons. The van der Waals surface area contributed by atoms with Crippen LogP contribution in [-0.4, -0.2) is 11.8 Å². The zero-order chi connectivity index (χ0) is 17.6. The van der Waals surface area contributed by atoms with Gasteiger partial charge in [0.1, 0.15) is 0 Å². The predicted octanol–water partition coefficient (Wildman–Crippen LogP) is 4.84. The topological polar surface area (TPSA) is 58.2 Å². The van der Waals surface area contributed by atoms with E-state index in [0.717, 1.165) is 0 Å². The Bertz CT molecular complexity index is 896. The van der Waals surface area contributed by atoms with Crippen molar-refractivity contribution < 1.29 is 9.59 Å². The molecule has 3 aromatic rings. The Labute approximate surface area is 150 Å². The van der Waals surface area contributed by atoms with E-state index in [1.807, 2.05) is 36.4 Å². The van der Waals surface area contributed by atoms with Crippen LogP contribution in [0.25, 0.3) is 0 Å². The highest BCUT2D eigenvalue weighted by molar-refractivity contribution is 6.35. The average Bonchev–Trinajstić information content (AvgIpc) is 2.63. The number of amides is 2. The lowest BCUT2D eigenvalue weighted by Gasteiger charge is -2.12. The van der Waals surface area contributed by atoms with Crippen LogP contribution in [-0.2, 0) is 0 Å². The van der Waals surface area contributed by atoms with Crippen molar-refractivity contribution in [2.24, 2.45) is 0 Å². The first kappa shape index (κ1) is 16.7. The summed E-state index contributed by atoms with van der Waals surface area (Å²) in [6, 6.07) is 22.8. The van der Waals surface area contributed by atoms with Gasteiger partial charge in [0.15, 0.2) is 0 Å². The number of hydrogen-bond donors (Lipinski definition) is 2. The summed E-state index contributed by atoms with van der Waals surface area (Å²) in [5.41, 5.74) is 1.62. The zero-order valence-electron chi connectivity index (χ0n) is 13.2. The number of hydrogen-bond acceptors (Lipinski definition) is 2. The maximum absolute atomic E-state index is 12.6. The summed E-state index contributed by atoms with van der Waals surface area (Å²) in [5.74, 6) is -0.832. The van der Waals surface area contributed by atoms with Crippen LogP contribution in [0, 0.1) is 0 Å². The first-order valence-electron chi connectivity index (χ1n) is 7.66. The van der Waals surface area contributed by atoms with Crippen LogP contribution in [0.4, 0.5) is 11.4 Å². The van der Waals surface area contributed by atoms with Crippen LogP contribution >= 0.6 is 11.6 Å². The number of benzene rings is 3. The van der Waals surface area contributed by atoms with Crippen molar-refractivity contribution >= 4 is 34.8 Å². The van der Waals surface area contributed by atoms with Crippen LogP contribution in [0.15, 0.2) is 78.9 Å². The molecule has 2 N–H and O–H groups in total. The molecule has 0 spiro atoms. The Hall–Kier alpha value is -3.11. The summed E-state index contributed by atoms with van der Waals surface area (Å²) >= 11 is 6.20. The van der Waals surface area contributed by atoms with Crippen molar-refractivity contribution in [3.8, 4) is 0 Å². The fraction of sp³-hybridized carbons (Fsp3) is 0. The van der Waals surface area contributed by atoms with Gasteiger partial charge in [-0.2, -0.15) is 0 Å². The van der Waals surface area contributed by atoms with Gasteiger partial charge in [-0.25, -0.2) is 0 Å². The second-order valence-corrected chi connectivity index (χ2v) is 5.71. The summed E-state index contributed by atoms with van der Waals surface area (Å²) in [7, 11) is 0. The van der Waals surface area contributed by atoms with Gasteiger partial charge in [-0.1, -0.05) is 54.1 Å². The molecule has 4 nitrogen and oxygen atoms in total. The molecule has 0 bridgehead atoms. The molecule has 5 heteroatoms. The Kier molecular flexibility index (Phi) is 5.11. The second-order valence-electron chi connectivity index (χ2n) is 5.30. The summed E-state index contributed by atoms with van der Waals surface area (Å²) in [6.45, 7) is 0. The Morgan fingerprint density at radius 3 is 1.72 bits per heavy atom. The molecule has 0 aromatic heterocycles. The highest BCUT2D eigenvalue weighted by Gasteiger charge is 2.20. The van der Waals surface area contributed by atoms with Gasteiger partial charge in [0.05, 0.1) is 16.1 Å². The molecule has 0 heterocycles. The average molecular weight is 351 g/mol. The molecule has 0 radical (unpaired) electrons. The van der Waals surface area contributed by atoms with Gasteiger partial charge < -0.3 is 10.6 Å². The number of para-hydroxylation sites is 2. The molecular formula is C20H15ClN2O2.